The number of benzene rings is 2. The lowest BCUT2D eigenvalue weighted by Crippen LogP contribution is -2.35. The summed E-state index contributed by atoms with van der Waals surface area (Å²) in [4.78, 5) is 13.9. The van der Waals surface area contributed by atoms with Crippen molar-refractivity contribution in [2.75, 3.05) is 21.3 Å². The average Bonchev–Trinajstić information content (AvgIpc) is 3.67. The summed E-state index contributed by atoms with van der Waals surface area (Å²) >= 11 is 13.8. The molecule has 0 unspecified atom stereocenters. The molecule has 2 aliphatic rings. The number of pyridine rings is 1. The van der Waals surface area contributed by atoms with Gasteiger partial charge in [-0.1, -0.05) is 59.6 Å². The van der Waals surface area contributed by atoms with Gasteiger partial charge in [-0.3, -0.25) is 4.98 Å². The summed E-state index contributed by atoms with van der Waals surface area (Å²) in [6, 6.07) is 14.0. The molecule has 9 nitrogen and oxygen atoms in total. The van der Waals surface area contributed by atoms with Crippen LogP contribution in [0.15, 0.2) is 48.7 Å². The number of hydrogen-bond acceptors (Lipinski definition) is 9. The molecule has 3 atom stereocenters. The first kappa shape index (κ1) is 31.5. The molecule has 6 rings (SSSR count). The smallest absolute Gasteiger partial charge is 0.237 e. The highest BCUT2D eigenvalue weighted by Crippen LogP contribution is 2.44. The molecule has 0 amide bonds. The number of aliphatic hydroxyl groups is 1. The van der Waals surface area contributed by atoms with Crippen LogP contribution in [0.3, 0.4) is 0 Å². The third-order valence-corrected chi connectivity index (χ3v) is 9.27. The molecule has 236 valence electrons. The van der Waals surface area contributed by atoms with Crippen LogP contribution < -0.4 is 24.8 Å². The minimum atomic E-state index is -0.334. The maximum atomic E-state index is 10.2. The third kappa shape index (κ3) is 6.46. The molecule has 2 heterocycles. The average molecular weight is 651 g/mol. The second kappa shape index (κ2) is 13.9. The van der Waals surface area contributed by atoms with Crippen molar-refractivity contribution in [2.45, 2.75) is 63.4 Å². The van der Waals surface area contributed by atoms with E-state index in [0.717, 1.165) is 65.6 Å². The van der Waals surface area contributed by atoms with Crippen LogP contribution in [-0.4, -0.2) is 53.5 Å². The number of nitrogens with one attached hydrogen (secondary N) is 2. The van der Waals surface area contributed by atoms with Crippen LogP contribution in [0.25, 0.3) is 22.4 Å². The maximum Gasteiger partial charge on any atom is 0.237 e. The van der Waals surface area contributed by atoms with Gasteiger partial charge in [0, 0.05) is 35.8 Å². The Morgan fingerprint density at radius 2 is 1.69 bits per heavy atom. The molecule has 0 bridgehead atoms. The summed E-state index contributed by atoms with van der Waals surface area (Å²) in [6.07, 6.45) is 5.51. The predicted molar refractivity (Wildman–Crippen MR) is 175 cm³/mol. The standard InChI is InChI=1S/C34H37Cl2N5O4/c1-37-17-28-34(44-3)40-27(18-39-28)24-10-5-9-23(31(24)36)20-7-4-8-22-21(20)13-14-30(22)45-33-25(35)15-19(32(41-33)43-2)16-38-26-11-6-12-29(26)42/h4-5,7-10,15,18,26,29-30,37-38,42H,6,11-14,16-17H2,1-3H3/t26-,29+,30+/m1/s1. The number of nitrogens with zero attached hydrogens (tertiary/aromatic N) is 3. The van der Waals surface area contributed by atoms with Crippen LogP contribution >= 0.6 is 23.2 Å². The van der Waals surface area contributed by atoms with E-state index in [1.807, 2.05) is 37.4 Å². The molecule has 4 aromatic rings. The Bertz CT molecular complexity index is 1690. The maximum absolute atomic E-state index is 10.2. The molecule has 1 saturated carbocycles. The highest BCUT2D eigenvalue weighted by molar-refractivity contribution is 6.36. The molecular weight excluding hydrogens is 613 g/mol. The monoisotopic (exact) mass is 649 g/mol. The number of hydrogen-bond donors (Lipinski definition) is 3. The first-order valence-electron chi connectivity index (χ1n) is 15.2. The van der Waals surface area contributed by atoms with Crippen molar-refractivity contribution in [1.82, 2.24) is 25.6 Å². The van der Waals surface area contributed by atoms with Crippen molar-refractivity contribution >= 4 is 23.2 Å². The molecule has 0 saturated heterocycles. The minimum Gasteiger partial charge on any atom is -0.481 e. The molecule has 0 aliphatic heterocycles. The number of aliphatic hydroxyl groups excluding tert-OH is 1. The molecule has 45 heavy (non-hydrogen) atoms. The summed E-state index contributed by atoms with van der Waals surface area (Å²) in [6.45, 7) is 1.04. The molecule has 0 spiro atoms. The Hall–Kier alpha value is -3.47. The Morgan fingerprint density at radius 1 is 0.911 bits per heavy atom. The molecule has 2 aliphatic carbocycles. The van der Waals surface area contributed by atoms with Crippen LogP contribution in [0.2, 0.25) is 10.0 Å². The fraction of sp³-hybridized carbons (Fsp3) is 0.382. The molecule has 3 N–H and O–H groups in total. The zero-order valence-electron chi connectivity index (χ0n) is 25.6. The second-order valence-corrected chi connectivity index (χ2v) is 12.1. The quantitative estimate of drug-likeness (QED) is 0.172. The summed E-state index contributed by atoms with van der Waals surface area (Å²) < 4.78 is 17.5. The van der Waals surface area contributed by atoms with Crippen molar-refractivity contribution in [3.05, 3.63) is 81.1 Å². The molecular formula is C34H37Cl2N5O4. The zero-order chi connectivity index (χ0) is 31.5. The molecule has 11 heteroatoms. The lowest BCUT2D eigenvalue weighted by molar-refractivity contribution is 0.148. The van der Waals surface area contributed by atoms with E-state index in [9.17, 15) is 5.11 Å². The highest BCUT2D eigenvalue weighted by Gasteiger charge is 2.30. The fourth-order valence-corrected chi connectivity index (χ4v) is 6.89. The number of halogens is 2. The van der Waals surface area contributed by atoms with Crippen molar-refractivity contribution in [3.63, 3.8) is 0 Å². The van der Waals surface area contributed by atoms with Gasteiger partial charge in [0.1, 0.15) is 16.8 Å². The van der Waals surface area contributed by atoms with Crippen LogP contribution in [0, 0.1) is 0 Å². The first-order chi connectivity index (χ1) is 21.9. The largest absolute Gasteiger partial charge is 0.481 e. The van der Waals surface area contributed by atoms with Crippen molar-refractivity contribution < 1.29 is 19.3 Å². The third-order valence-electron chi connectivity index (χ3n) is 8.59. The molecule has 1 fully saturated rings. The predicted octanol–water partition coefficient (Wildman–Crippen LogP) is 6.32. The van der Waals surface area contributed by atoms with Crippen LogP contribution in [0.4, 0.5) is 0 Å². The number of aromatic nitrogens is 3. The van der Waals surface area contributed by atoms with Gasteiger partial charge in [-0.05, 0) is 61.9 Å². The van der Waals surface area contributed by atoms with Gasteiger partial charge < -0.3 is 30.0 Å². The van der Waals surface area contributed by atoms with Gasteiger partial charge in [0.25, 0.3) is 0 Å². The number of fused-ring (bicyclic) bond motifs is 1. The Labute approximate surface area is 273 Å². The number of rotatable bonds is 11. The van der Waals surface area contributed by atoms with Crippen molar-refractivity contribution in [2.24, 2.45) is 0 Å². The van der Waals surface area contributed by atoms with Gasteiger partial charge in [-0.25, -0.2) is 4.98 Å². The highest BCUT2D eigenvalue weighted by atomic mass is 35.5. The van der Waals surface area contributed by atoms with E-state index >= 15 is 0 Å². The number of ether oxygens (including phenoxy) is 3. The molecule has 0 radical (unpaired) electrons. The Balaban J connectivity index is 1.25. The summed E-state index contributed by atoms with van der Waals surface area (Å²) in [7, 11) is 5.02. The van der Waals surface area contributed by atoms with Gasteiger partial charge in [0.2, 0.25) is 17.6 Å². The van der Waals surface area contributed by atoms with E-state index in [2.05, 4.69) is 32.7 Å². The summed E-state index contributed by atoms with van der Waals surface area (Å²) in [5.41, 5.74) is 7.16. The Kier molecular flexibility index (Phi) is 9.72. The van der Waals surface area contributed by atoms with Crippen LogP contribution in [0.5, 0.6) is 17.6 Å². The van der Waals surface area contributed by atoms with Gasteiger partial charge in [-0.15, -0.1) is 0 Å². The van der Waals surface area contributed by atoms with Crippen molar-refractivity contribution in [3.8, 4) is 40.0 Å². The number of methoxy groups -OCH3 is 2. The SMILES string of the molecule is CNCc1ncc(-c2cccc(-c3cccc4c3CC[C@@H]4Oc3nc(OC)c(CN[C@@H]4CCC[C@@H]4O)cc3Cl)c2Cl)nc1OC. The van der Waals surface area contributed by atoms with E-state index in [1.165, 1.54) is 5.56 Å². The lowest BCUT2D eigenvalue weighted by Gasteiger charge is -2.20. The van der Waals surface area contributed by atoms with Crippen LogP contribution in [-0.2, 0) is 19.5 Å². The van der Waals surface area contributed by atoms with E-state index in [0.29, 0.717) is 46.5 Å². The first-order valence-corrected chi connectivity index (χ1v) is 15.9. The van der Waals surface area contributed by atoms with Crippen LogP contribution in [0.1, 0.15) is 54.2 Å². The van der Waals surface area contributed by atoms with E-state index in [1.54, 1.807) is 20.4 Å². The van der Waals surface area contributed by atoms with Crippen molar-refractivity contribution in [1.29, 1.82) is 0 Å². The summed E-state index contributed by atoms with van der Waals surface area (Å²) in [5, 5.41) is 17.7. The molecule has 2 aromatic carbocycles. The van der Waals surface area contributed by atoms with E-state index < -0.39 is 0 Å². The van der Waals surface area contributed by atoms with E-state index in [-0.39, 0.29) is 18.2 Å². The van der Waals surface area contributed by atoms with Gasteiger partial charge in [-0.2, -0.15) is 4.98 Å². The normalized spacial score (nSPS) is 19.0. The Morgan fingerprint density at radius 3 is 2.44 bits per heavy atom. The van der Waals surface area contributed by atoms with Gasteiger partial charge >= 0.3 is 0 Å². The molecule has 2 aromatic heterocycles. The van der Waals surface area contributed by atoms with Gasteiger partial charge in [0.05, 0.1) is 37.2 Å². The zero-order valence-corrected chi connectivity index (χ0v) is 27.1. The lowest BCUT2D eigenvalue weighted by atomic mass is 9.95. The van der Waals surface area contributed by atoms with Gasteiger partial charge in [0.15, 0.2) is 0 Å². The summed E-state index contributed by atoms with van der Waals surface area (Å²) in [5.74, 6) is 1.24. The topological polar surface area (TPSA) is 111 Å². The van der Waals surface area contributed by atoms with E-state index in [4.69, 9.17) is 42.4 Å². The fourth-order valence-electron chi connectivity index (χ4n) is 6.34. The minimum absolute atomic E-state index is 0.0578. The second-order valence-electron chi connectivity index (χ2n) is 11.4.